The molecule has 1 aromatic heterocycles. The van der Waals surface area contributed by atoms with Gasteiger partial charge in [-0.25, -0.2) is 14.7 Å². The first-order valence-corrected chi connectivity index (χ1v) is 21.9. The van der Waals surface area contributed by atoms with E-state index < -0.39 is 112 Å². The Morgan fingerprint density at radius 2 is 1.34 bits per heavy atom. The van der Waals surface area contributed by atoms with Crippen molar-refractivity contribution in [1.82, 2.24) is 9.78 Å². The maximum atomic E-state index is 13.1. The Hall–Kier alpha value is -7.40. The molecule has 32 heteroatoms. The molecule has 6 rings (SSSR count). The lowest BCUT2D eigenvalue weighted by Crippen LogP contribution is -2.14. The number of phenols is 2. The van der Waals surface area contributed by atoms with Gasteiger partial charge in [0.05, 0.1) is 54.9 Å². The maximum absolute atomic E-state index is 13.1. The molecule has 1 heterocycles. The van der Waals surface area contributed by atoms with Crippen LogP contribution in [-0.2, 0) is 39.7 Å². The lowest BCUT2D eigenvalue weighted by molar-refractivity contribution is -0.432. The molecule has 0 saturated carbocycles. The number of carboxylic acids is 1. The number of aromatic nitrogens is 2. The number of aromatic amines is 1. The molecule has 0 aliphatic heterocycles. The van der Waals surface area contributed by atoms with E-state index in [0.29, 0.717) is 12.1 Å². The Bertz CT molecular complexity index is 3460. The van der Waals surface area contributed by atoms with Crippen LogP contribution >= 0.6 is 12.0 Å². The summed E-state index contributed by atoms with van der Waals surface area (Å²) in [6.07, 6.45) is 0. The number of rotatable bonds is 15. The quantitative estimate of drug-likeness (QED) is 0.0127. The molecular formula is C33H23N9O19S4. The van der Waals surface area contributed by atoms with E-state index in [-0.39, 0.29) is 45.4 Å². The van der Waals surface area contributed by atoms with Gasteiger partial charge in [-0.1, -0.05) is 5.04 Å². The van der Waals surface area contributed by atoms with Crippen molar-refractivity contribution in [3.05, 3.63) is 105 Å². The summed E-state index contributed by atoms with van der Waals surface area (Å²) in [5.41, 5.74) is -5.64. The number of H-pyrrole nitrogens is 1. The van der Waals surface area contributed by atoms with Crippen molar-refractivity contribution in [1.29, 1.82) is 0 Å². The van der Waals surface area contributed by atoms with Crippen LogP contribution in [0.1, 0.15) is 16.1 Å². The lowest BCUT2D eigenvalue weighted by Gasteiger charge is -2.13. The van der Waals surface area contributed by atoms with E-state index in [2.05, 4.69) is 45.2 Å². The second-order valence-electron chi connectivity index (χ2n) is 12.6. The van der Waals surface area contributed by atoms with Crippen molar-refractivity contribution in [2.45, 2.75) is 26.5 Å². The number of nitro groups is 1. The summed E-state index contributed by atoms with van der Waals surface area (Å²) >= 11 is 0.124. The first-order chi connectivity index (χ1) is 30.4. The highest BCUT2D eigenvalue weighted by molar-refractivity contribution is 7.94. The Kier molecular flexibility index (Phi) is 13.0. The van der Waals surface area contributed by atoms with E-state index in [4.69, 9.17) is 5.26 Å². The number of nitro benzene ring substituents is 1. The van der Waals surface area contributed by atoms with Gasteiger partial charge in [-0.05, 0) is 79.0 Å². The standard InChI is InChI=1S/C33H23N9O19S4/c1-14-27(32(45)41(40-14)18-4-6-19(7-5-18)63(51,52)53)37-35-17-2-8-21(24(13-17)64(54,55)56)36-39-29-25(65(57,58)59)11-15-10-23(62-61-60-50)28(30(43)26(15)31(29)44)38-34-16-3-9-22(42(48)49)20(12-16)33(46)47/h2-13,40,43-44,50H,1H3,(H,46,47)(H,51,52,53)(H,54,55,56)(H,57,58,59). The summed E-state index contributed by atoms with van der Waals surface area (Å²) in [7, 11) is -15.2. The first-order valence-electron chi connectivity index (χ1n) is 16.9. The van der Waals surface area contributed by atoms with Gasteiger partial charge in [0.1, 0.15) is 32.4 Å². The van der Waals surface area contributed by atoms with Gasteiger partial charge in [0, 0.05) is 6.07 Å². The normalized spacial score (nSPS) is 12.6. The third-order valence-corrected chi connectivity index (χ3v) is 11.8. The van der Waals surface area contributed by atoms with Crippen molar-refractivity contribution >= 4 is 99.0 Å². The molecule has 0 spiro atoms. The zero-order valence-electron chi connectivity index (χ0n) is 31.7. The van der Waals surface area contributed by atoms with Crippen LogP contribution in [0.15, 0.2) is 128 Å². The number of aromatic hydroxyl groups is 2. The van der Waals surface area contributed by atoms with Crippen molar-refractivity contribution in [3.8, 4) is 17.2 Å². The molecule has 65 heavy (non-hydrogen) atoms. The van der Waals surface area contributed by atoms with E-state index in [1.54, 1.807) is 0 Å². The van der Waals surface area contributed by atoms with E-state index in [1.807, 2.05) is 0 Å². The number of phenolic OH excluding ortho intramolecular Hbond substituents is 2. The summed E-state index contributed by atoms with van der Waals surface area (Å²) in [6.45, 7) is 1.42. The van der Waals surface area contributed by atoms with Crippen molar-refractivity contribution in [2.24, 2.45) is 30.7 Å². The van der Waals surface area contributed by atoms with Gasteiger partial charge >= 0.3 is 5.97 Å². The molecule has 0 aliphatic carbocycles. The zero-order chi connectivity index (χ0) is 47.8. The number of nitrogens with one attached hydrogen (secondary N) is 1. The number of carboxylic acid groups (broad SMARTS) is 1. The highest BCUT2D eigenvalue weighted by Gasteiger charge is 2.28. The lowest BCUT2D eigenvalue weighted by atomic mass is 10.1. The minimum atomic E-state index is -5.38. The fourth-order valence-electron chi connectivity index (χ4n) is 5.66. The number of aryl methyl sites for hydroxylation is 1. The zero-order valence-corrected chi connectivity index (χ0v) is 34.9. The maximum Gasteiger partial charge on any atom is 0.342 e. The van der Waals surface area contributed by atoms with Crippen LogP contribution in [0, 0.1) is 17.0 Å². The van der Waals surface area contributed by atoms with Gasteiger partial charge in [0.2, 0.25) is 0 Å². The average Bonchev–Trinajstić information content (AvgIpc) is 3.51. The number of fused-ring (bicyclic) bond motifs is 1. The summed E-state index contributed by atoms with van der Waals surface area (Å²) in [6, 6.07) is 11.2. The summed E-state index contributed by atoms with van der Waals surface area (Å²) in [5, 5.41) is 79.8. The van der Waals surface area contributed by atoms with Gasteiger partial charge in [0.25, 0.3) is 41.6 Å². The fraction of sp³-hybridized carbons (Fsp3) is 0.0303. The highest BCUT2D eigenvalue weighted by Crippen LogP contribution is 2.51. The average molecular weight is 978 g/mol. The second-order valence-corrected chi connectivity index (χ2v) is 17.6. The Morgan fingerprint density at radius 3 is 1.92 bits per heavy atom. The SMILES string of the molecule is Cc1[nH]n(-c2ccc(S(=O)(=O)O)cc2)c(=O)c1N=Nc1ccc(N=Nc2c(S(=O)(=O)O)cc3cc(SOOO)c(N=Nc4ccc([N+](=O)[O-])c(C(=O)O)c4)c(O)c3c2O)c(S(=O)(=O)O)c1. The van der Waals surface area contributed by atoms with Crippen molar-refractivity contribution in [3.63, 3.8) is 0 Å². The molecule has 338 valence electrons. The van der Waals surface area contributed by atoms with E-state index in [9.17, 15) is 73.9 Å². The number of azo groups is 3. The van der Waals surface area contributed by atoms with Gasteiger partial charge in [0.15, 0.2) is 17.2 Å². The van der Waals surface area contributed by atoms with Crippen LogP contribution in [0.3, 0.4) is 0 Å². The number of aromatic carboxylic acids is 1. The Balaban J connectivity index is 1.42. The largest absolute Gasteiger partial charge is 0.505 e. The molecule has 0 unspecified atom stereocenters. The Morgan fingerprint density at radius 1 is 0.754 bits per heavy atom. The third-order valence-electron chi connectivity index (χ3n) is 8.53. The summed E-state index contributed by atoms with van der Waals surface area (Å²) in [4.78, 5) is 32.0. The number of carbonyl (C=O) groups is 1. The molecule has 0 fully saturated rings. The molecule has 0 atom stereocenters. The van der Waals surface area contributed by atoms with E-state index in [0.717, 1.165) is 53.2 Å². The number of benzene rings is 5. The van der Waals surface area contributed by atoms with E-state index in [1.165, 1.54) is 19.1 Å². The molecule has 0 aliphatic rings. The molecule has 0 saturated heterocycles. The van der Waals surface area contributed by atoms with E-state index >= 15 is 0 Å². The predicted molar refractivity (Wildman–Crippen MR) is 218 cm³/mol. The Labute approximate surface area is 364 Å². The van der Waals surface area contributed by atoms with Gasteiger partial charge < -0.3 is 15.3 Å². The van der Waals surface area contributed by atoms with Gasteiger partial charge in [-0.15, -0.1) is 24.8 Å². The molecule has 0 radical (unpaired) electrons. The van der Waals surface area contributed by atoms with Crippen LogP contribution in [-0.4, -0.2) is 80.2 Å². The second kappa shape index (κ2) is 18.0. The fourth-order valence-corrected chi connectivity index (χ4v) is 7.94. The van der Waals surface area contributed by atoms with Crippen LogP contribution in [0.2, 0.25) is 0 Å². The van der Waals surface area contributed by atoms with Crippen LogP contribution in [0.4, 0.5) is 39.8 Å². The van der Waals surface area contributed by atoms with Crippen molar-refractivity contribution < 1.29 is 78.6 Å². The molecule has 0 bridgehead atoms. The van der Waals surface area contributed by atoms with Gasteiger partial charge in [-0.2, -0.15) is 35.5 Å². The topological polar surface area (TPSA) is 435 Å². The molecule has 8 N–H and O–H groups in total. The van der Waals surface area contributed by atoms with Gasteiger partial charge in [-0.3, -0.25) is 33.7 Å². The van der Waals surface area contributed by atoms with Crippen LogP contribution < -0.4 is 5.56 Å². The molecular weight excluding hydrogens is 955 g/mol. The summed E-state index contributed by atoms with van der Waals surface area (Å²) in [5.74, 6) is -4.02. The molecule has 6 aromatic rings. The minimum absolute atomic E-state index is 0.120. The number of hydrogen-bond donors (Lipinski definition) is 8. The predicted octanol–water partition coefficient (Wildman–Crippen LogP) is 7.06. The molecule has 28 nitrogen and oxygen atoms in total. The van der Waals surface area contributed by atoms with Crippen LogP contribution in [0.5, 0.6) is 11.5 Å². The first kappa shape index (κ1) is 47.1. The molecule has 5 aromatic carbocycles. The number of nitrogens with zero attached hydrogens (tertiary/aromatic N) is 8. The summed E-state index contributed by atoms with van der Waals surface area (Å²) < 4.78 is 108. The van der Waals surface area contributed by atoms with Crippen LogP contribution in [0.25, 0.3) is 16.5 Å². The smallest absolute Gasteiger partial charge is 0.342 e. The molecule has 0 amide bonds. The minimum Gasteiger partial charge on any atom is -0.505 e. The monoisotopic (exact) mass is 977 g/mol. The number of hydrogen-bond acceptors (Lipinski definition) is 22. The third kappa shape index (κ3) is 10.0. The highest BCUT2D eigenvalue weighted by atomic mass is 32.2. The van der Waals surface area contributed by atoms with Crippen molar-refractivity contribution in [2.75, 3.05) is 0 Å².